The van der Waals surface area contributed by atoms with Crippen molar-refractivity contribution in [3.8, 4) is 0 Å². The Hall–Kier alpha value is -1.73. The standard InChI is InChI=1S/C17H20O5S/c1-14-9-11-16(12-10-14)23(18,19)22-17(20-2,21-3)13-15-7-5-4-6-8-15/h4-12H,13H2,1-3H3. The average Bonchev–Trinajstić information content (AvgIpc) is 2.55. The minimum atomic E-state index is -4.03. The van der Waals surface area contributed by atoms with Crippen LogP contribution in [0.2, 0.25) is 0 Å². The van der Waals surface area contributed by atoms with Crippen molar-refractivity contribution in [2.24, 2.45) is 0 Å². The van der Waals surface area contributed by atoms with Crippen molar-refractivity contribution >= 4 is 10.1 Å². The quantitative estimate of drug-likeness (QED) is 0.575. The molecule has 23 heavy (non-hydrogen) atoms. The molecule has 0 aliphatic carbocycles. The lowest BCUT2D eigenvalue weighted by Crippen LogP contribution is -2.41. The first kappa shape index (κ1) is 17.6. The summed E-state index contributed by atoms with van der Waals surface area (Å²) in [5.41, 5.74) is 1.79. The molecule has 0 aliphatic heterocycles. The largest absolute Gasteiger partial charge is 0.330 e. The summed E-state index contributed by atoms with van der Waals surface area (Å²) in [4.78, 5) is 0.0506. The fraction of sp³-hybridized carbons (Fsp3) is 0.294. The Labute approximate surface area is 136 Å². The van der Waals surface area contributed by atoms with Gasteiger partial charge in [-0.2, -0.15) is 8.42 Å². The Morgan fingerprint density at radius 3 is 2.00 bits per heavy atom. The third-order valence-electron chi connectivity index (χ3n) is 3.43. The van der Waals surface area contributed by atoms with Gasteiger partial charge < -0.3 is 9.47 Å². The maximum absolute atomic E-state index is 12.5. The van der Waals surface area contributed by atoms with Gasteiger partial charge in [0.15, 0.2) is 0 Å². The molecule has 0 N–H and O–H groups in total. The summed E-state index contributed by atoms with van der Waals surface area (Å²) in [7, 11) is -1.34. The van der Waals surface area contributed by atoms with Gasteiger partial charge in [-0.15, -0.1) is 0 Å². The van der Waals surface area contributed by atoms with E-state index in [1.807, 2.05) is 37.3 Å². The maximum atomic E-state index is 12.5. The Balaban J connectivity index is 2.29. The van der Waals surface area contributed by atoms with E-state index in [2.05, 4.69) is 0 Å². The minimum Gasteiger partial charge on any atom is -0.330 e. The number of ether oxygens (including phenoxy) is 2. The van der Waals surface area contributed by atoms with E-state index in [-0.39, 0.29) is 11.3 Å². The lowest BCUT2D eigenvalue weighted by molar-refractivity contribution is -0.318. The number of benzene rings is 2. The first-order valence-electron chi connectivity index (χ1n) is 7.07. The van der Waals surface area contributed by atoms with Crippen LogP contribution in [0.3, 0.4) is 0 Å². The van der Waals surface area contributed by atoms with Crippen molar-refractivity contribution in [3.05, 3.63) is 65.7 Å². The van der Waals surface area contributed by atoms with Crippen molar-refractivity contribution in [3.63, 3.8) is 0 Å². The highest BCUT2D eigenvalue weighted by Gasteiger charge is 2.38. The van der Waals surface area contributed by atoms with Gasteiger partial charge in [-0.05, 0) is 24.6 Å². The molecule has 0 unspecified atom stereocenters. The third kappa shape index (κ3) is 4.39. The third-order valence-corrected chi connectivity index (χ3v) is 4.75. The summed E-state index contributed by atoms with van der Waals surface area (Å²) < 4.78 is 40.7. The van der Waals surface area contributed by atoms with E-state index in [1.54, 1.807) is 12.1 Å². The monoisotopic (exact) mass is 336 g/mol. The normalized spacial score (nSPS) is 12.3. The van der Waals surface area contributed by atoms with Gasteiger partial charge in [-0.25, -0.2) is 4.18 Å². The maximum Gasteiger partial charge on any atom is 0.302 e. The van der Waals surface area contributed by atoms with E-state index in [9.17, 15) is 8.42 Å². The number of hydrogen-bond acceptors (Lipinski definition) is 5. The molecule has 0 aliphatic rings. The van der Waals surface area contributed by atoms with Gasteiger partial charge in [0.2, 0.25) is 0 Å². The van der Waals surface area contributed by atoms with Crippen LogP contribution < -0.4 is 0 Å². The molecule has 0 fully saturated rings. The van der Waals surface area contributed by atoms with Crippen LogP contribution in [0.5, 0.6) is 0 Å². The van der Waals surface area contributed by atoms with Crippen LogP contribution in [-0.4, -0.2) is 28.6 Å². The van der Waals surface area contributed by atoms with Gasteiger partial charge in [-0.3, -0.25) is 0 Å². The number of aryl methyl sites for hydroxylation is 1. The van der Waals surface area contributed by atoms with E-state index in [0.29, 0.717) is 0 Å². The lowest BCUT2D eigenvalue weighted by Gasteiger charge is -2.29. The molecule has 0 spiro atoms. The molecule has 0 atom stereocenters. The van der Waals surface area contributed by atoms with Crippen molar-refractivity contribution in [2.75, 3.05) is 14.2 Å². The summed E-state index contributed by atoms with van der Waals surface area (Å²) in [5, 5.41) is 0. The van der Waals surface area contributed by atoms with Crippen molar-refractivity contribution in [2.45, 2.75) is 24.2 Å². The highest BCUT2D eigenvalue weighted by molar-refractivity contribution is 7.86. The average molecular weight is 336 g/mol. The molecule has 0 saturated carbocycles. The number of rotatable bonds is 7. The van der Waals surface area contributed by atoms with Gasteiger partial charge in [0.25, 0.3) is 0 Å². The summed E-state index contributed by atoms with van der Waals surface area (Å²) in [6, 6.07) is 15.6. The molecular formula is C17H20O5S. The van der Waals surface area contributed by atoms with E-state index in [1.165, 1.54) is 26.4 Å². The zero-order valence-corrected chi connectivity index (χ0v) is 14.2. The Bertz CT molecular complexity index is 719. The molecule has 0 aromatic heterocycles. The molecular weight excluding hydrogens is 316 g/mol. The van der Waals surface area contributed by atoms with E-state index >= 15 is 0 Å². The van der Waals surface area contributed by atoms with Crippen LogP contribution in [0.15, 0.2) is 59.5 Å². The van der Waals surface area contributed by atoms with Crippen LogP contribution >= 0.6 is 0 Å². The Kier molecular flexibility index (Phi) is 5.54. The Morgan fingerprint density at radius 2 is 1.48 bits per heavy atom. The Morgan fingerprint density at radius 1 is 0.913 bits per heavy atom. The second-order valence-electron chi connectivity index (χ2n) is 5.10. The van der Waals surface area contributed by atoms with Crippen LogP contribution in [0.4, 0.5) is 0 Å². The molecule has 2 aromatic rings. The summed E-state index contributed by atoms with van der Waals surface area (Å²) in [6.45, 7) is 1.88. The summed E-state index contributed by atoms with van der Waals surface area (Å²) in [6.07, 6.45) is 0.131. The molecule has 0 bridgehead atoms. The smallest absolute Gasteiger partial charge is 0.302 e. The fourth-order valence-corrected chi connectivity index (χ4v) is 3.19. The van der Waals surface area contributed by atoms with Crippen LogP contribution in [0.1, 0.15) is 11.1 Å². The van der Waals surface area contributed by atoms with Gasteiger partial charge in [0.05, 0.1) is 11.3 Å². The molecule has 0 saturated heterocycles. The molecule has 0 radical (unpaired) electrons. The van der Waals surface area contributed by atoms with Crippen molar-refractivity contribution in [1.29, 1.82) is 0 Å². The predicted octanol–water partition coefficient (Wildman–Crippen LogP) is 2.89. The summed E-state index contributed by atoms with van der Waals surface area (Å²) >= 11 is 0. The van der Waals surface area contributed by atoms with Crippen molar-refractivity contribution < 1.29 is 22.1 Å². The van der Waals surface area contributed by atoms with Gasteiger partial charge in [-0.1, -0.05) is 48.0 Å². The van der Waals surface area contributed by atoms with E-state index in [0.717, 1.165) is 11.1 Å². The predicted molar refractivity (Wildman–Crippen MR) is 86.3 cm³/mol. The number of methoxy groups -OCH3 is 2. The minimum absolute atomic E-state index is 0.0506. The number of hydrogen-bond donors (Lipinski definition) is 0. The summed E-state index contributed by atoms with van der Waals surface area (Å²) in [5.74, 6) is -1.72. The SMILES string of the molecule is COC(Cc1ccccc1)(OC)OS(=O)(=O)c1ccc(C)cc1. The first-order chi connectivity index (χ1) is 10.9. The van der Waals surface area contributed by atoms with Gasteiger partial charge in [0, 0.05) is 14.2 Å². The van der Waals surface area contributed by atoms with Gasteiger partial charge >= 0.3 is 16.1 Å². The second kappa shape index (κ2) is 7.23. The van der Waals surface area contributed by atoms with E-state index in [4.69, 9.17) is 13.7 Å². The molecule has 0 heterocycles. The first-order valence-corrected chi connectivity index (χ1v) is 8.48. The zero-order valence-electron chi connectivity index (χ0n) is 13.4. The van der Waals surface area contributed by atoms with Crippen molar-refractivity contribution in [1.82, 2.24) is 0 Å². The lowest BCUT2D eigenvalue weighted by atomic mass is 10.1. The topological polar surface area (TPSA) is 61.8 Å². The highest BCUT2D eigenvalue weighted by Crippen LogP contribution is 2.26. The highest BCUT2D eigenvalue weighted by atomic mass is 32.2. The molecule has 0 amide bonds. The molecule has 2 aromatic carbocycles. The second-order valence-corrected chi connectivity index (χ2v) is 6.65. The fourth-order valence-electron chi connectivity index (χ4n) is 2.09. The molecule has 5 nitrogen and oxygen atoms in total. The molecule has 2 rings (SSSR count). The van der Waals surface area contributed by atoms with Gasteiger partial charge in [0.1, 0.15) is 0 Å². The van der Waals surface area contributed by atoms with E-state index < -0.39 is 16.1 Å². The van der Waals surface area contributed by atoms with Crippen LogP contribution in [0, 0.1) is 6.92 Å². The van der Waals surface area contributed by atoms with Crippen LogP contribution in [0.25, 0.3) is 0 Å². The molecule has 6 heteroatoms. The molecule has 124 valence electrons. The van der Waals surface area contributed by atoms with Crippen LogP contribution in [-0.2, 0) is 30.2 Å². The zero-order chi connectivity index (χ0) is 16.9.